The Morgan fingerprint density at radius 3 is 2.32 bits per heavy atom. The number of hydrogen-bond donors (Lipinski definition) is 1. The molecule has 0 aromatic heterocycles. The van der Waals surface area contributed by atoms with Crippen LogP contribution in [0.25, 0.3) is 0 Å². The maximum atomic E-state index is 13.7. The van der Waals surface area contributed by atoms with E-state index >= 15 is 0 Å². The number of amides is 2. The standard InChI is InChI=1S/C30H33BrN2O4/c1-36-27-16-7-8-17-28(27)37-21-29(34)33(20-23-12-9-13-24(31)18-23)26(19-22-10-3-2-4-11-22)30(35)32-25-14-5-6-15-25/h2-4,7-13,16-18,25-26H,5-6,14-15,19-21H2,1H3,(H,32,35)/t26-/m1/s1. The van der Waals surface area contributed by atoms with Gasteiger partial charge in [0.2, 0.25) is 5.91 Å². The zero-order valence-corrected chi connectivity index (χ0v) is 22.7. The van der Waals surface area contributed by atoms with Crippen molar-refractivity contribution >= 4 is 27.7 Å². The molecule has 0 bridgehead atoms. The van der Waals surface area contributed by atoms with Crippen molar-refractivity contribution in [3.63, 3.8) is 0 Å². The van der Waals surface area contributed by atoms with E-state index in [2.05, 4.69) is 21.2 Å². The van der Waals surface area contributed by atoms with E-state index in [0.29, 0.717) is 17.9 Å². The number of para-hydroxylation sites is 2. The number of halogens is 1. The van der Waals surface area contributed by atoms with Crippen LogP contribution in [0, 0.1) is 0 Å². The number of ether oxygens (including phenoxy) is 2. The Balaban J connectivity index is 1.62. The lowest BCUT2D eigenvalue weighted by molar-refractivity contribution is -0.143. The molecular weight excluding hydrogens is 532 g/mol. The predicted octanol–water partition coefficient (Wildman–Crippen LogP) is 5.54. The molecule has 37 heavy (non-hydrogen) atoms. The molecule has 1 fully saturated rings. The molecule has 6 nitrogen and oxygen atoms in total. The van der Waals surface area contributed by atoms with Crippen molar-refractivity contribution in [2.24, 2.45) is 0 Å². The minimum absolute atomic E-state index is 0.128. The highest BCUT2D eigenvalue weighted by molar-refractivity contribution is 9.10. The monoisotopic (exact) mass is 564 g/mol. The molecule has 1 atom stereocenters. The first-order chi connectivity index (χ1) is 18.0. The van der Waals surface area contributed by atoms with Crippen LogP contribution in [0.4, 0.5) is 0 Å². The van der Waals surface area contributed by atoms with E-state index in [4.69, 9.17) is 9.47 Å². The summed E-state index contributed by atoms with van der Waals surface area (Å²) >= 11 is 3.52. The molecule has 0 radical (unpaired) electrons. The van der Waals surface area contributed by atoms with Crippen LogP contribution < -0.4 is 14.8 Å². The summed E-state index contributed by atoms with van der Waals surface area (Å²) in [7, 11) is 1.56. The second-order valence-electron chi connectivity index (χ2n) is 9.29. The molecule has 1 aliphatic carbocycles. The van der Waals surface area contributed by atoms with Crippen LogP contribution in [-0.2, 0) is 22.6 Å². The van der Waals surface area contributed by atoms with Crippen molar-refractivity contribution in [3.05, 3.63) is 94.5 Å². The van der Waals surface area contributed by atoms with Crippen LogP contribution in [0.1, 0.15) is 36.8 Å². The van der Waals surface area contributed by atoms with E-state index in [1.54, 1.807) is 24.1 Å². The Labute approximate surface area is 227 Å². The molecule has 1 aliphatic rings. The highest BCUT2D eigenvalue weighted by atomic mass is 79.9. The third-order valence-electron chi connectivity index (χ3n) is 6.63. The highest BCUT2D eigenvalue weighted by Gasteiger charge is 2.32. The Morgan fingerprint density at radius 1 is 0.946 bits per heavy atom. The molecule has 1 saturated carbocycles. The number of carbonyl (C=O) groups is 2. The smallest absolute Gasteiger partial charge is 0.261 e. The first kappa shape index (κ1) is 26.7. The molecule has 194 valence electrons. The molecule has 0 heterocycles. The summed E-state index contributed by atoms with van der Waals surface area (Å²) in [6, 6.07) is 24.3. The summed E-state index contributed by atoms with van der Waals surface area (Å²) in [4.78, 5) is 29.1. The minimum Gasteiger partial charge on any atom is -0.493 e. The zero-order valence-electron chi connectivity index (χ0n) is 21.1. The SMILES string of the molecule is COc1ccccc1OCC(=O)N(Cc1cccc(Br)c1)[C@H](Cc1ccccc1)C(=O)NC1CCCC1. The van der Waals surface area contributed by atoms with Crippen LogP contribution in [0.2, 0.25) is 0 Å². The largest absolute Gasteiger partial charge is 0.493 e. The van der Waals surface area contributed by atoms with Crippen molar-refractivity contribution in [1.82, 2.24) is 10.2 Å². The van der Waals surface area contributed by atoms with Crippen molar-refractivity contribution < 1.29 is 19.1 Å². The van der Waals surface area contributed by atoms with Gasteiger partial charge in [-0.3, -0.25) is 9.59 Å². The molecule has 0 unspecified atom stereocenters. The van der Waals surface area contributed by atoms with Gasteiger partial charge < -0.3 is 19.7 Å². The lowest BCUT2D eigenvalue weighted by Gasteiger charge is -2.32. The summed E-state index contributed by atoms with van der Waals surface area (Å²) in [6.45, 7) is 0.0690. The Bertz CT molecular complexity index is 1180. The first-order valence-corrected chi connectivity index (χ1v) is 13.5. The molecule has 3 aromatic rings. The van der Waals surface area contributed by atoms with E-state index in [9.17, 15) is 9.59 Å². The lowest BCUT2D eigenvalue weighted by atomic mass is 10.0. The third-order valence-corrected chi connectivity index (χ3v) is 7.13. The molecule has 0 aliphatic heterocycles. The van der Waals surface area contributed by atoms with E-state index in [-0.39, 0.29) is 31.0 Å². The van der Waals surface area contributed by atoms with Crippen LogP contribution >= 0.6 is 15.9 Å². The average molecular weight is 566 g/mol. The van der Waals surface area contributed by atoms with E-state index in [0.717, 1.165) is 41.3 Å². The van der Waals surface area contributed by atoms with Crippen molar-refractivity contribution in [2.45, 2.75) is 50.7 Å². The van der Waals surface area contributed by atoms with Gasteiger partial charge in [-0.25, -0.2) is 0 Å². The third kappa shape index (κ3) is 7.59. The number of benzene rings is 3. The van der Waals surface area contributed by atoms with Gasteiger partial charge in [-0.05, 0) is 48.2 Å². The Kier molecular flexibility index (Phi) is 9.60. The van der Waals surface area contributed by atoms with Gasteiger partial charge in [0.25, 0.3) is 5.91 Å². The number of carbonyl (C=O) groups excluding carboxylic acids is 2. The molecule has 4 rings (SSSR count). The second kappa shape index (κ2) is 13.3. The normalized spacial score (nSPS) is 14.1. The molecule has 1 N–H and O–H groups in total. The molecule has 7 heteroatoms. The van der Waals surface area contributed by atoms with Crippen molar-refractivity contribution in [3.8, 4) is 11.5 Å². The Morgan fingerprint density at radius 2 is 1.62 bits per heavy atom. The first-order valence-electron chi connectivity index (χ1n) is 12.7. The van der Waals surface area contributed by atoms with Gasteiger partial charge in [0.05, 0.1) is 7.11 Å². The molecule has 2 amide bonds. The maximum Gasteiger partial charge on any atom is 0.261 e. The lowest BCUT2D eigenvalue weighted by Crippen LogP contribution is -2.53. The van der Waals surface area contributed by atoms with Crippen LogP contribution in [-0.4, -0.2) is 42.5 Å². The number of nitrogens with zero attached hydrogens (tertiary/aromatic N) is 1. The minimum atomic E-state index is -0.684. The number of hydrogen-bond acceptors (Lipinski definition) is 4. The molecule has 0 spiro atoms. The van der Waals surface area contributed by atoms with Gasteiger partial charge in [0.15, 0.2) is 18.1 Å². The van der Waals surface area contributed by atoms with E-state index < -0.39 is 6.04 Å². The Hall–Kier alpha value is -3.32. The predicted molar refractivity (Wildman–Crippen MR) is 148 cm³/mol. The second-order valence-corrected chi connectivity index (χ2v) is 10.2. The van der Waals surface area contributed by atoms with E-state index in [1.165, 1.54) is 0 Å². The zero-order chi connectivity index (χ0) is 26.0. The fraction of sp³-hybridized carbons (Fsp3) is 0.333. The van der Waals surface area contributed by atoms with E-state index in [1.807, 2.05) is 66.7 Å². The molecule has 3 aromatic carbocycles. The number of nitrogens with one attached hydrogen (secondary N) is 1. The summed E-state index contributed by atoms with van der Waals surface area (Å²) in [5, 5.41) is 3.22. The van der Waals surface area contributed by atoms with Crippen molar-refractivity contribution in [1.29, 1.82) is 0 Å². The van der Waals surface area contributed by atoms with Crippen molar-refractivity contribution in [2.75, 3.05) is 13.7 Å². The maximum absolute atomic E-state index is 13.7. The van der Waals surface area contributed by atoms with Gasteiger partial charge in [-0.1, -0.05) is 83.4 Å². The summed E-state index contributed by atoms with van der Waals surface area (Å²) in [6.07, 6.45) is 4.58. The average Bonchev–Trinajstić information content (AvgIpc) is 3.43. The summed E-state index contributed by atoms with van der Waals surface area (Å²) < 4.78 is 12.2. The fourth-order valence-electron chi connectivity index (χ4n) is 4.71. The van der Waals surface area contributed by atoms with Gasteiger partial charge in [-0.2, -0.15) is 0 Å². The van der Waals surface area contributed by atoms with Crippen LogP contribution in [0.5, 0.6) is 11.5 Å². The van der Waals surface area contributed by atoms with Gasteiger partial charge in [-0.15, -0.1) is 0 Å². The quantitative estimate of drug-likeness (QED) is 0.332. The van der Waals surface area contributed by atoms with Crippen LogP contribution in [0.15, 0.2) is 83.3 Å². The van der Waals surface area contributed by atoms with Gasteiger partial charge in [0.1, 0.15) is 6.04 Å². The summed E-state index contributed by atoms with van der Waals surface area (Å²) in [5.74, 6) is 0.634. The number of methoxy groups -OCH3 is 1. The summed E-state index contributed by atoms with van der Waals surface area (Å²) in [5.41, 5.74) is 1.92. The molecular formula is C30H33BrN2O4. The van der Waals surface area contributed by atoms with Crippen LogP contribution in [0.3, 0.4) is 0 Å². The topological polar surface area (TPSA) is 67.9 Å². The fourth-order valence-corrected chi connectivity index (χ4v) is 5.16. The van der Waals surface area contributed by atoms with Gasteiger partial charge in [0, 0.05) is 23.5 Å². The number of rotatable bonds is 11. The highest BCUT2D eigenvalue weighted by Crippen LogP contribution is 2.26. The van der Waals surface area contributed by atoms with Gasteiger partial charge >= 0.3 is 0 Å². The molecule has 0 saturated heterocycles.